The lowest BCUT2D eigenvalue weighted by molar-refractivity contribution is 0.0751. The summed E-state index contributed by atoms with van der Waals surface area (Å²) in [4.78, 5) is 14.1. The summed E-state index contributed by atoms with van der Waals surface area (Å²) in [6.07, 6.45) is 2.01. The molecule has 1 amide bonds. The summed E-state index contributed by atoms with van der Waals surface area (Å²) >= 11 is 3.28. The van der Waals surface area contributed by atoms with Crippen LogP contribution in [0.4, 0.5) is 0 Å². The topological polar surface area (TPSA) is 54.5 Å². The second kappa shape index (κ2) is 5.42. The van der Waals surface area contributed by atoms with Crippen LogP contribution in [0.15, 0.2) is 27.6 Å². The molecule has 7 heteroatoms. The summed E-state index contributed by atoms with van der Waals surface area (Å²) in [6.45, 7) is 2.51. The molecule has 1 saturated carbocycles. The minimum Gasteiger partial charge on any atom is -0.336 e. The van der Waals surface area contributed by atoms with Gasteiger partial charge in [-0.05, 0) is 53.9 Å². The highest BCUT2D eigenvalue weighted by Crippen LogP contribution is 2.30. The fourth-order valence-corrected chi connectivity index (χ4v) is 3.12. The van der Waals surface area contributed by atoms with Crippen LogP contribution in [0, 0.1) is 0 Å². The van der Waals surface area contributed by atoms with Gasteiger partial charge in [0.2, 0.25) is 0 Å². The van der Waals surface area contributed by atoms with Gasteiger partial charge >= 0.3 is 0 Å². The Morgan fingerprint density at radius 1 is 1.47 bits per heavy atom. The Labute approximate surface area is 125 Å². The zero-order valence-corrected chi connectivity index (χ0v) is 13.4. The number of hydrogen-bond acceptors (Lipinski definition) is 3. The van der Waals surface area contributed by atoms with Crippen molar-refractivity contribution in [2.75, 3.05) is 6.54 Å². The molecule has 0 atom stereocenters. The summed E-state index contributed by atoms with van der Waals surface area (Å²) in [6, 6.07) is 4.50. The lowest BCUT2D eigenvalue weighted by Crippen LogP contribution is -2.33. The van der Waals surface area contributed by atoms with Crippen LogP contribution in [-0.2, 0) is 9.05 Å². The van der Waals surface area contributed by atoms with Crippen LogP contribution in [0.5, 0.6) is 0 Å². The molecule has 0 N–H and O–H groups in total. The highest BCUT2D eigenvalue weighted by atomic mass is 79.9. The number of carbonyl (C=O) groups is 1. The van der Waals surface area contributed by atoms with E-state index in [9.17, 15) is 13.2 Å². The molecule has 1 aromatic carbocycles. The van der Waals surface area contributed by atoms with Crippen LogP contribution in [0.1, 0.15) is 30.1 Å². The predicted octanol–water partition coefficient (Wildman–Crippen LogP) is 3.00. The van der Waals surface area contributed by atoms with Crippen molar-refractivity contribution in [1.82, 2.24) is 4.90 Å². The van der Waals surface area contributed by atoms with Crippen molar-refractivity contribution >= 4 is 41.6 Å². The molecule has 0 radical (unpaired) electrons. The van der Waals surface area contributed by atoms with E-state index in [-0.39, 0.29) is 16.8 Å². The number of amides is 1. The summed E-state index contributed by atoms with van der Waals surface area (Å²) in [5, 5.41) is 0. The maximum absolute atomic E-state index is 12.4. The molecule has 2 rings (SSSR count). The molecule has 0 aromatic heterocycles. The van der Waals surface area contributed by atoms with Crippen LogP contribution in [0.25, 0.3) is 0 Å². The Morgan fingerprint density at radius 2 is 2.11 bits per heavy atom. The van der Waals surface area contributed by atoms with Crippen molar-refractivity contribution in [2.24, 2.45) is 0 Å². The van der Waals surface area contributed by atoms with E-state index in [0.717, 1.165) is 12.8 Å². The Bertz CT molecular complexity index is 613. The average Bonchev–Trinajstić information content (AvgIpc) is 3.13. The average molecular weight is 367 g/mol. The fraction of sp³-hybridized carbons (Fsp3) is 0.417. The Hall–Kier alpha value is -0.590. The Kier molecular flexibility index (Phi) is 4.23. The smallest absolute Gasteiger partial charge is 0.261 e. The van der Waals surface area contributed by atoms with E-state index in [1.807, 2.05) is 6.92 Å². The molecule has 1 aliphatic rings. The van der Waals surface area contributed by atoms with Crippen molar-refractivity contribution in [2.45, 2.75) is 30.7 Å². The van der Waals surface area contributed by atoms with Crippen molar-refractivity contribution in [3.05, 3.63) is 28.2 Å². The van der Waals surface area contributed by atoms with Crippen molar-refractivity contribution in [1.29, 1.82) is 0 Å². The first-order valence-corrected chi connectivity index (χ1v) is 9.00. The highest BCUT2D eigenvalue weighted by molar-refractivity contribution is 9.10. The van der Waals surface area contributed by atoms with Gasteiger partial charge in [0.25, 0.3) is 15.0 Å². The van der Waals surface area contributed by atoms with Gasteiger partial charge in [-0.1, -0.05) is 0 Å². The molecule has 0 unspecified atom stereocenters. The summed E-state index contributed by atoms with van der Waals surface area (Å²) in [5.74, 6) is -0.168. The largest absolute Gasteiger partial charge is 0.336 e. The highest BCUT2D eigenvalue weighted by Gasteiger charge is 2.32. The molecule has 1 aliphatic carbocycles. The Morgan fingerprint density at radius 3 is 2.58 bits per heavy atom. The van der Waals surface area contributed by atoms with Gasteiger partial charge in [0.15, 0.2) is 0 Å². The van der Waals surface area contributed by atoms with Crippen LogP contribution >= 0.6 is 26.6 Å². The lowest BCUT2D eigenvalue weighted by atomic mass is 10.2. The first kappa shape index (κ1) is 14.8. The van der Waals surface area contributed by atoms with Gasteiger partial charge in [-0.3, -0.25) is 4.79 Å². The molecule has 104 valence electrons. The summed E-state index contributed by atoms with van der Waals surface area (Å²) < 4.78 is 23.2. The minimum atomic E-state index is -3.83. The third-order valence-electron chi connectivity index (χ3n) is 3.04. The van der Waals surface area contributed by atoms with Crippen molar-refractivity contribution < 1.29 is 13.2 Å². The standard InChI is InChI=1S/C12H13BrClNO3S/c1-2-15(8-3-4-8)12(16)10-7-9(19(14,17)18)5-6-11(10)13/h5-8H,2-4H2,1H3. The normalized spacial score (nSPS) is 15.3. The van der Waals surface area contributed by atoms with Crippen LogP contribution in [0.2, 0.25) is 0 Å². The zero-order valence-electron chi connectivity index (χ0n) is 10.3. The molecule has 0 heterocycles. The van der Waals surface area contributed by atoms with Gasteiger partial charge in [0.05, 0.1) is 10.5 Å². The van der Waals surface area contributed by atoms with Crippen LogP contribution in [-0.4, -0.2) is 31.8 Å². The van der Waals surface area contributed by atoms with Gasteiger partial charge in [-0.25, -0.2) is 8.42 Å². The van der Waals surface area contributed by atoms with Gasteiger partial charge in [0, 0.05) is 27.7 Å². The van der Waals surface area contributed by atoms with Crippen molar-refractivity contribution in [3.8, 4) is 0 Å². The second-order valence-electron chi connectivity index (χ2n) is 4.40. The maximum Gasteiger partial charge on any atom is 0.261 e. The van der Waals surface area contributed by atoms with E-state index in [1.54, 1.807) is 4.90 Å². The van der Waals surface area contributed by atoms with Crippen LogP contribution in [0.3, 0.4) is 0 Å². The number of carbonyl (C=O) groups excluding carboxylic acids is 1. The number of nitrogens with zero attached hydrogens (tertiary/aromatic N) is 1. The first-order valence-electron chi connectivity index (χ1n) is 5.89. The third kappa shape index (κ3) is 3.30. The molecule has 0 bridgehead atoms. The van der Waals surface area contributed by atoms with E-state index >= 15 is 0 Å². The monoisotopic (exact) mass is 365 g/mol. The van der Waals surface area contributed by atoms with Crippen molar-refractivity contribution in [3.63, 3.8) is 0 Å². The van der Waals surface area contributed by atoms with E-state index in [2.05, 4.69) is 15.9 Å². The Balaban J connectivity index is 2.40. The molecular weight excluding hydrogens is 354 g/mol. The lowest BCUT2D eigenvalue weighted by Gasteiger charge is -2.21. The SMILES string of the molecule is CCN(C(=O)c1cc(S(=O)(=O)Cl)ccc1Br)C1CC1. The molecule has 0 saturated heterocycles. The number of hydrogen-bond donors (Lipinski definition) is 0. The number of rotatable bonds is 4. The second-order valence-corrected chi connectivity index (χ2v) is 7.82. The van der Waals surface area contributed by atoms with Crippen LogP contribution < -0.4 is 0 Å². The zero-order chi connectivity index (χ0) is 14.2. The van der Waals surface area contributed by atoms with E-state index in [4.69, 9.17) is 10.7 Å². The number of benzene rings is 1. The molecule has 4 nitrogen and oxygen atoms in total. The van der Waals surface area contributed by atoms with Gasteiger partial charge in [0.1, 0.15) is 0 Å². The molecule has 1 aromatic rings. The summed E-state index contributed by atoms with van der Waals surface area (Å²) in [7, 11) is 1.48. The number of halogens is 2. The third-order valence-corrected chi connectivity index (χ3v) is 5.08. The van der Waals surface area contributed by atoms with E-state index in [1.165, 1.54) is 18.2 Å². The summed E-state index contributed by atoms with van der Waals surface area (Å²) in [5.41, 5.74) is 0.329. The first-order chi connectivity index (χ1) is 8.84. The predicted molar refractivity (Wildman–Crippen MR) is 76.9 cm³/mol. The quantitative estimate of drug-likeness (QED) is 0.770. The fourth-order valence-electron chi connectivity index (χ4n) is 1.93. The minimum absolute atomic E-state index is 0.0624. The van der Waals surface area contributed by atoms with Gasteiger partial charge < -0.3 is 4.90 Å². The molecule has 0 spiro atoms. The molecular formula is C12H13BrClNO3S. The van der Waals surface area contributed by atoms with E-state index in [0.29, 0.717) is 16.6 Å². The van der Waals surface area contributed by atoms with E-state index < -0.39 is 9.05 Å². The van der Waals surface area contributed by atoms with Gasteiger partial charge in [-0.15, -0.1) is 0 Å². The maximum atomic E-state index is 12.4. The van der Waals surface area contributed by atoms with Gasteiger partial charge in [-0.2, -0.15) is 0 Å². The molecule has 1 fully saturated rings. The molecule has 19 heavy (non-hydrogen) atoms. The molecule has 0 aliphatic heterocycles.